The van der Waals surface area contributed by atoms with E-state index in [-0.39, 0.29) is 29.9 Å². The van der Waals surface area contributed by atoms with Gasteiger partial charge in [0.2, 0.25) is 0 Å². The summed E-state index contributed by atoms with van der Waals surface area (Å²) in [7, 11) is 1.58. The third kappa shape index (κ3) is 4.33. The number of carbonyl (C=O) groups is 1. The Morgan fingerprint density at radius 1 is 1.25 bits per heavy atom. The summed E-state index contributed by atoms with van der Waals surface area (Å²) in [5.41, 5.74) is -0.199. The van der Waals surface area contributed by atoms with Crippen molar-refractivity contribution in [1.82, 2.24) is 15.2 Å². The molecule has 0 aliphatic rings. The Labute approximate surface area is 157 Å². The van der Waals surface area contributed by atoms with Gasteiger partial charge in [-0.2, -0.15) is 13.2 Å². The lowest BCUT2D eigenvalue weighted by Crippen LogP contribution is -2.30. The quantitative estimate of drug-likeness (QED) is 0.625. The van der Waals surface area contributed by atoms with Crippen molar-refractivity contribution >= 4 is 5.91 Å². The third-order valence-corrected chi connectivity index (χ3v) is 4.11. The van der Waals surface area contributed by atoms with Crippen LogP contribution in [0.2, 0.25) is 0 Å². The maximum atomic E-state index is 12.7. The molecule has 0 saturated carbocycles. The highest BCUT2D eigenvalue weighted by Gasteiger charge is 2.30. The molecule has 0 aliphatic heterocycles. The van der Waals surface area contributed by atoms with E-state index in [4.69, 9.17) is 13.8 Å². The molecule has 0 N–H and O–H groups in total. The van der Waals surface area contributed by atoms with Crippen molar-refractivity contribution in [3.8, 4) is 5.75 Å². The Morgan fingerprint density at radius 2 is 2.04 bits per heavy atom. The van der Waals surface area contributed by atoms with Crippen molar-refractivity contribution in [2.24, 2.45) is 0 Å². The van der Waals surface area contributed by atoms with Crippen LogP contribution in [0, 0.1) is 0 Å². The number of amides is 1. The van der Waals surface area contributed by atoms with Gasteiger partial charge in [0.25, 0.3) is 5.91 Å². The highest BCUT2D eigenvalue weighted by Crippen LogP contribution is 2.31. The molecular weight excluding hydrogens is 379 g/mol. The van der Waals surface area contributed by atoms with Crippen molar-refractivity contribution in [2.45, 2.75) is 25.7 Å². The van der Waals surface area contributed by atoms with Crippen molar-refractivity contribution in [3.63, 3.8) is 0 Å². The average Bonchev–Trinajstić information content (AvgIpc) is 3.36. The topological polar surface area (TPSA) is 81.6 Å². The maximum Gasteiger partial charge on any atom is 0.416 e. The van der Waals surface area contributed by atoms with Gasteiger partial charge in [0, 0.05) is 19.2 Å². The highest BCUT2D eigenvalue weighted by atomic mass is 19.4. The Morgan fingerprint density at radius 3 is 2.71 bits per heavy atom. The van der Waals surface area contributed by atoms with Crippen molar-refractivity contribution in [3.05, 3.63) is 65.4 Å². The number of rotatable bonds is 6. The molecular formula is C18H16F3N3O4. The van der Waals surface area contributed by atoms with Gasteiger partial charge >= 0.3 is 6.18 Å². The molecule has 148 valence electrons. The van der Waals surface area contributed by atoms with E-state index in [1.807, 2.05) is 0 Å². The zero-order chi connectivity index (χ0) is 20.3. The first kappa shape index (κ1) is 19.5. The van der Waals surface area contributed by atoms with E-state index in [1.165, 1.54) is 29.4 Å². The predicted octanol–water partition coefficient (Wildman–Crippen LogP) is 4.09. The molecule has 0 spiro atoms. The molecule has 1 atom stereocenters. The van der Waals surface area contributed by atoms with Gasteiger partial charge in [-0.25, -0.2) is 0 Å². The normalized spacial score (nSPS) is 12.6. The summed E-state index contributed by atoms with van der Waals surface area (Å²) in [5.74, 6) is -0.191. The molecule has 0 saturated heterocycles. The summed E-state index contributed by atoms with van der Waals surface area (Å²) < 4.78 is 53.3. The molecule has 2 aromatic heterocycles. The Kier molecular flexibility index (Phi) is 5.39. The van der Waals surface area contributed by atoms with Gasteiger partial charge in [-0.3, -0.25) is 4.79 Å². The first-order chi connectivity index (χ1) is 13.3. The molecule has 3 aromatic rings. The highest BCUT2D eigenvalue weighted by molar-refractivity contribution is 5.92. The standard InChI is InChI=1S/C18H16F3N3O4/c1-11(15-6-7-27-22-15)24(2)17(25)16-9-14(28-23-16)10-26-13-5-3-4-12(8-13)18(19,20)21/h3-9,11H,10H2,1-2H3/t11-/m1/s1. The van der Waals surface area contributed by atoms with Crippen LogP contribution in [0.4, 0.5) is 13.2 Å². The van der Waals surface area contributed by atoms with Gasteiger partial charge in [0.05, 0.1) is 11.6 Å². The molecule has 3 rings (SSSR count). The van der Waals surface area contributed by atoms with Crippen LogP contribution in [0.15, 0.2) is 51.7 Å². The fourth-order valence-corrected chi connectivity index (χ4v) is 2.39. The molecule has 2 heterocycles. The second-order valence-electron chi connectivity index (χ2n) is 6.01. The SMILES string of the molecule is C[C@H](c1ccon1)N(C)C(=O)c1cc(COc2cccc(C(F)(F)F)c2)on1. The van der Waals surface area contributed by atoms with E-state index in [1.54, 1.807) is 20.0 Å². The molecule has 0 bridgehead atoms. The summed E-state index contributed by atoms with van der Waals surface area (Å²) in [4.78, 5) is 13.9. The minimum absolute atomic E-state index is 0.0240. The molecule has 1 amide bonds. The Balaban J connectivity index is 1.63. The number of nitrogens with zero attached hydrogens (tertiary/aromatic N) is 3. The largest absolute Gasteiger partial charge is 0.486 e. The first-order valence-corrected chi connectivity index (χ1v) is 8.19. The van der Waals surface area contributed by atoms with Gasteiger partial charge in [-0.1, -0.05) is 16.4 Å². The molecule has 0 unspecified atom stereocenters. The lowest BCUT2D eigenvalue weighted by molar-refractivity contribution is -0.137. The molecule has 0 fully saturated rings. The summed E-state index contributed by atoms with van der Waals surface area (Å²) in [6.07, 6.45) is -3.06. The van der Waals surface area contributed by atoms with Crippen molar-refractivity contribution < 1.29 is 31.7 Å². The van der Waals surface area contributed by atoms with Crippen LogP contribution >= 0.6 is 0 Å². The summed E-state index contributed by atoms with van der Waals surface area (Å²) >= 11 is 0. The lowest BCUT2D eigenvalue weighted by Gasteiger charge is -2.21. The fourth-order valence-electron chi connectivity index (χ4n) is 2.39. The molecule has 0 radical (unpaired) electrons. The van der Waals surface area contributed by atoms with Crippen LogP contribution in [0.3, 0.4) is 0 Å². The Hall–Kier alpha value is -3.30. The van der Waals surface area contributed by atoms with Gasteiger partial charge in [0.15, 0.2) is 11.5 Å². The van der Waals surface area contributed by atoms with E-state index >= 15 is 0 Å². The zero-order valence-electron chi connectivity index (χ0n) is 14.9. The van der Waals surface area contributed by atoms with Crippen LogP contribution in [0.5, 0.6) is 5.75 Å². The van der Waals surface area contributed by atoms with Crippen LogP contribution in [-0.4, -0.2) is 28.2 Å². The molecule has 0 aliphatic carbocycles. The number of aromatic nitrogens is 2. The number of carbonyl (C=O) groups excluding carboxylic acids is 1. The minimum atomic E-state index is -4.46. The molecule has 7 nitrogen and oxygen atoms in total. The van der Waals surface area contributed by atoms with Crippen LogP contribution in [0.1, 0.15) is 40.5 Å². The van der Waals surface area contributed by atoms with E-state index in [0.717, 1.165) is 12.1 Å². The number of halogens is 3. The first-order valence-electron chi connectivity index (χ1n) is 8.19. The third-order valence-electron chi connectivity index (χ3n) is 4.11. The van der Waals surface area contributed by atoms with E-state index < -0.39 is 17.6 Å². The number of hydrogen-bond acceptors (Lipinski definition) is 6. The predicted molar refractivity (Wildman–Crippen MR) is 89.3 cm³/mol. The molecule has 28 heavy (non-hydrogen) atoms. The number of alkyl halides is 3. The zero-order valence-corrected chi connectivity index (χ0v) is 14.9. The minimum Gasteiger partial charge on any atom is -0.486 e. The van der Waals surface area contributed by atoms with Gasteiger partial charge in [-0.05, 0) is 25.1 Å². The van der Waals surface area contributed by atoms with Crippen LogP contribution in [0.25, 0.3) is 0 Å². The maximum absolute atomic E-state index is 12.7. The monoisotopic (exact) mass is 395 g/mol. The fraction of sp³-hybridized carbons (Fsp3) is 0.278. The van der Waals surface area contributed by atoms with Crippen LogP contribution in [-0.2, 0) is 12.8 Å². The number of benzene rings is 1. The Bertz CT molecular complexity index is 938. The van der Waals surface area contributed by atoms with Gasteiger partial charge in [0.1, 0.15) is 24.3 Å². The smallest absolute Gasteiger partial charge is 0.416 e. The number of ether oxygens (including phenoxy) is 1. The lowest BCUT2D eigenvalue weighted by atomic mass is 10.2. The van der Waals surface area contributed by atoms with Gasteiger partial charge in [-0.15, -0.1) is 0 Å². The van der Waals surface area contributed by atoms with Crippen LogP contribution < -0.4 is 4.74 Å². The van der Waals surface area contributed by atoms with Crippen molar-refractivity contribution in [1.29, 1.82) is 0 Å². The number of hydrogen-bond donors (Lipinski definition) is 0. The summed E-state index contributed by atoms with van der Waals surface area (Å²) in [5, 5.41) is 7.49. The second kappa shape index (κ2) is 7.75. The van der Waals surface area contributed by atoms with E-state index in [2.05, 4.69) is 10.3 Å². The van der Waals surface area contributed by atoms with E-state index in [0.29, 0.717) is 5.69 Å². The average molecular weight is 395 g/mol. The van der Waals surface area contributed by atoms with Crippen molar-refractivity contribution in [2.75, 3.05) is 7.05 Å². The van der Waals surface area contributed by atoms with E-state index in [9.17, 15) is 18.0 Å². The second-order valence-corrected chi connectivity index (χ2v) is 6.01. The summed E-state index contributed by atoms with van der Waals surface area (Å²) in [6.45, 7) is 1.59. The molecule has 10 heteroatoms. The van der Waals surface area contributed by atoms with Gasteiger partial charge < -0.3 is 18.7 Å². The summed E-state index contributed by atoms with van der Waals surface area (Å²) in [6, 6.07) is 7.14. The molecule has 1 aromatic carbocycles.